The summed E-state index contributed by atoms with van der Waals surface area (Å²) in [6.45, 7) is 7.18. The Morgan fingerprint density at radius 3 is 1.10 bits per heavy atom. The van der Waals surface area contributed by atoms with Crippen LogP contribution in [0.5, 0.6) is 0 Å². The SMILES string of the molecule is C[Si](C)(C)c1ccc(-c2cccc(-c3cccc(-c4cccc(-c5nc(-c6ccccc6)nc(-c6ccc7c8ccccc8c8ccccc8c7c6)n5)c4)c3)c2)cc1. The molecule has 0 fully saturated rings. The molecule has 0 aliphatic rings. The summed E-state index contributed by atoms with van der Waals surface area (Å²) >= 11 is 0. The van der Waals surface area contributed by atoms with Gasteiger partial charge >= 0.3 is 0 Å². The standard InChI is InChI=1S/C54H41N3Si/c1-58(2,3)45-29-26-36(27-30-45)38-16-11-17-39(32-38)40-18-12-19-41(33-40)42-20-13-21-43(34-42)53-55-52(37-14-5-4-6-15-37)56-54(57-53)44-28-31-50-48-24-8-7-22-46(48)47-23-9-10-25-49(47)51(50)35-44/h4-35H,1-3H3. The number of hydrogen-bond acceptors (Lipinski definition) is 3. The van der Waals surface area contributed by atoms with E-state index in [1.165, 1.54) is 59.8 Å². The van der Waals surface area contributed by atoms with E-state index in [0.29, 0.717) is 17.5 Å². The molecule has 0 atom stereocenters. The van der Waals surface area contributed by atoms with E-state index in [4.69, 9.17) is 15.0 Å². The smallest absolute Gasteiger partial charge is 0.164 e. The molecule has 0 spiro atoms. The Morgan fingerprint density at radius 1 is 0.259 bits per heavy atom. The van der Waals surface area contributed by atoms with Crippen molar-refractivity contribution in [3.63, 3.8) is 0 Å². The summed E-state index contributed by atoms with van der Waals surface area (Å²) < 4.78 is 0. The first-order valence-corrected chi connectivity index (χ1v) is 23.4. The summed E-state index contributed by atoms with van der Waals surface area (Å²) in [5.74, 6) is 1.93. The molecular weight excluding hydrogens is 719 g/mol. The summed E-state index contributed by atoms with van der Waals surface area (Å²) in [5.41, 5.74) is 9.90. The maximum atomic E-state index is 5.19. The first kappa shape index (κ1) is 35.4. The van der Waals surface area contributed by atoms with Gasteiger partial charge in [0.15, 0.2) is 17.5 Å². The fourth-order valence-electron chi connectivity index (χ4n) is 8.15. The molecule has 1 aromatic heterocycles. The minimum Gasteiger partial charge on any atom is -0.208 e. The zero-order valence-corrected chi connectivity index (χ0v) is 33.8. The van der Waals surface area contributed by atoms with Crippen LogP contribution >= 0.6 is 0 Å². The van der Waals surface area contributed by atoms with Crippen molar-refractivity contribution >= 4 is 45.6 Å². The van der Waals surface area contributed by atoms with Gasteiger partial charge in [-0.3, -0.25) is 0 Å². The van der Waals surface area contributed by atoms with Gasteiger partial charge in [0.1, 0.15) is 0 Å². The van der Waals surface area contributed by atoms with E-state index in [1.807, 2.05) is 18.2 Å². The molecule has 0 saturated heterocycles. The van der Waals surface area contributed by atoms with Gasteiger partial charge < -0.3 is 0 Å². The van der Waals surface area contributed by atoms with Gasteiger partial charge in [0, 0.05) is 16.7 Å². The van der Waals surface area contributed by atoms with Crippen LogP contribution in [-0.4, -0.2) is 23.0 Å². The Hall–Kier alpha value is -7.01. The molecule has 58 heavy (non-hydrogen) atoms. The van der Waals surface area contributed by atoms with Crippen LogP contribution in [0, 0.1) is 0 Å². The van der Waals surface area contributed by atoms with Crippen LogP contribution in [0.25, 0.3) is 99.9 Å². The van der Waals surface area contributed by atoms with E-state index >= 15 is 0 Å². The second-order valence-corrected chi connectivity index (χ2v) is 21.2. The molecule has 10 rings (SSSR count). The van der Waals surface area contributed by atoms with E-state index in [9.17, 15) is 0 Å². The monoisotopic (exact) mass is 759 g/mol. The molecule has 1 heterocycles. The molecule has 0 N–H and O–H groups in total. The van der Waals surface area contributed by atoms with Gasteiger partial charge in [0.25, 0.3) is 0 Å². The van der Waals surface area contributed by atoms with Crippen molar-refractivity contribution in [3.8, 4) is 67.5 Å². The number of rotatable bonds is 7. The molecule has 0 saturated carbocycles. The third-order valence-electron chi connectivity index (χ3n) is 11.3. The number of hydrogen-bond donors (Lipinski definition) is 0. The predicted octanol–water partition coefficient (Wildman–Crippen LogP) is 13.9. The zero-order chi connectivity index (χ0) is 39.2. The Bertz CT molecular complexity index is 3110. The van der Waals surface area contributed by atoms with Gasteiger partial charge in [-0.25, -0.2) is 15.0 Å². The van der Waals surface area contributed by atoms with Crippen LogP contribution in [0.3, 0.4) is 0 Å². The van der Waals surface area contributed by atoms with E-state index in [0.717, 1.165) is 27.8 Å². The molecule has 10 aromatic rings. The Labute approximate surface area is 340 Å². The van der Waals surface area contributed by atoms with Crippen LogP contribution in [-0.2, 0) is 0 Å². The van der Waals surface area contributed by atoms with Gasteiger partial charge in [-0.05, 0) is 90.0 Å². The third kappa shape index (κ3) is 6.68. The minimum absolute atomic E-state index is 0.637. The van der Waals surface area contributed by atoms with Crippen molar-refractivity contribution in [1.82, 2.24) is 15.0 Å². The summed E-state index contributed by atoms with van der Waals surface area (Å²) in [6.07, 6.45) is 0. The van der Waals surface area contributed by atoms with Gasteiger partial charge in [0.05, 0.1) is 8.07 Å². The summed E-state index contributed by atoms with van der Waals surface area (Å²) in [4.78, 5) is 15.4. The molecular formula is C54H41N3Si. The molecule has 3 nitrogen and oxygen atoms in total. The molecule has 9 aromatic carbocycles. The topological polar surface area (TPSA) is 38.7 Å². The van der Waals surface area contributed by atoms with Crippen molar-refractivity contribution in [2.24, 2.45) is 0 Å². The van der Waals surface area contributed by atoms with E-state index in [-0.39, 0.29) is 0 Å². The number of aromatic nitrogens is 3. The van der Waals surface area contributed by atoms with Crippen LogP contribution in [0.4, 0.5) is 0 Å². The molecule has 0 radical (unpaired) electrons. The van der Waals surface area contributed by atoms with Gasteiger partial charge in [-0.1, -0.05) is 195 Å². The molecule has 4 heteroatoms. The highest BCUT2D eigenvalue weighted by Crippen LogP contribution is 2.38. The van der Waals surface area contributed by atoms with Crippen molar-refractivity contribution in [1.29, 1.82) is 0 Å². The Morgan fingerprint density at radius 2 is 0.603 bits per heavy atom. The Balaban J connectivity index is 1.04. The average molecular weight is 760 g/mol. The van der Waals surface area contributed by atoms with Crippen molar-refractivity contribution in [3.05, 3.63) is 194 Å². The Kier molecular flexibility index (Phi) is 8.84. The molecule has 276 valence electrons. The zero-order valence-electron chi connectivity index (χ0n) is 32.8. The molecule has 0 bridgehead atoms. The molecule has 0 aliphatic carbocycles. The maximum Gasteiger partial charge on any atom is 0.164 e. The summed E-state index contributed by atoms with van der Waals surface area (Å²) in [5, 5.41) is 8.83. The lowest BCUT2D eigenvalue weighted by Gasteiger charge is -2.17. The highest BCUT2D eigenvalue weighted by Gasteiger charge is 2.17. The number of benzene rings is 9. The lowest BCUT2D eigenvalue weighted by atomic mass is 9.93. The largest absolute Gasteiger partial charge is 0.208 e. The fourth-order valence-corrected chi connectivity index (χ4v) is 9.32. The summed E-state index contributed by atoms with van der Waals surface area (Å²) in [7, 11) is -1.36. The lowest BCUT2D eigenvalue weighted by Crippen LogP contribution is -2.37. The first-order chi connectivity index (χ1) is 28.4. The quantitative estimate of drug-likeness (QED) is 0.120. The first-order valence-electron chi connectivity index (χ1n) is 19.9. The molecule has 0 unspecified atom stereocenters. The van der Waals surface area contributed by atoms with Crippen LogP contribution < -0.4 is 5.19 Å². The molecule has 0 aliphatic heterocycles. The van der Waals surface area contributed by atoms with Crippen molar-refractivity contribution < 1.29 is 0 Å². The van der Waals surface area contributed by atoms with Crippen molar-refractivity contribution in [2.75, 3.05) is 0 Å². The van der Waals surface area contributed by atoms with E-state index < -0.39 is 8.07 Å². The van der Waals surface area contributed by atoms with E-state index in [1.54, 1.807) is 0 Å². The fraction of sp³-hybridized carbons (Fsp3) is 0.0556. The minimum atomic E-state index is -1.36. The second-order valence-electron chi connectivity index (χ2n) is 16.1. The second kappa shape index (κ2) is 14.5. The number of nitrogens with zero attached hydrogens (tertiary/aromatic N) is 3. The van der Waals surface area contributed by atoms with Gasteiger partial charge in [0.2, 0.25) is 0 Å². The maximum absolute atomic E-state index is 5.19. The van der Waals surface area contributed by atoms with Crippen LogP contribution in [0.1, 0.15) is 0 Å². The van der Waals surface area contributed by atoms with Crippen molar-refractivity contribution in [2.45, 2.75) is 19.6 Å². The average Bonchev–Trinajstić information content (AvgIpc) is 3.29. The van der Waals surface area contributed by atoms with Crippen LogP contribution in [0.2, 0.25) is 19.6 Å². The van der Waals surface area contributed by atoms with Crippen LogP contribution in [0.15, 0.2) is 194 Å². The van der Waals surface area contributed by atoms with Gasteiger partial charge in [-0.15, -0.1) is 0 Å². The predicted molar refractivity (Wildman–Crippen MR) is 248 cm³/mol. The van der Waals surface area contributed by atoms with Gasteiger partial charge in [-0.2, -0.15) is 0 Å². The third-order valence-corrected chi connectivity index (χ3v) is 13.3. The number of fused-ring (bicyclic) bond motifs is 6. The normalized spacial score (nSPS) is 11.7. The summed E-state index contributed by atoms with van der Waals surface area (Å²) in [6, 6.07) is 69.5. The highest BCUT2D eigenvalue weighted by molar-refractivity contribution is 6.88. The molecule has 0 amide bonds. The highest BCUT2D eigenvalue weighted by atomic mass is 28.3. The van der Waals surface area contributed by atoms with E-state index in [2.05, 4.69) is 196 Å². The lowest BCUT2D eigenvalue weighted by molar-refractivity contribution is 1.07.